The third-order valence-electron chi connectivity index (χ3n) is 2.28. The number of pyridine rings is 1. The van der Waals surface area contributed by atoms with Gasteiger partial charge in [0.05, 0.1) is 26.2 Å². The van der Waals surface area contributed by atoms with Crippen molar-refractivity contribution in [3.8, 4) is 0 Å². The minimum atomic E-state index is -0.0846. The topological polar surface area (TPSA) is 59.2 Å². The van der Waals surface area contributed by atoms with Crippen LogP contribution in [0.2, 0.25) is 0 Å². The number of carbonyl (C=O) groups is 1. The summed E-state index contributed by atoms with van der Waals surface area (Å²) >= 11 is 4.73. The molecule has 0 aromatic carbocycles. The highest BCUT2D eigenvalue weighted by Gasteiger charge is 2.16. The number of thiophene rings is 1. The van der Waals surface area contributed by atoms with Crippen molar-refractivity contribution in [3.05, 3.63) is 39.3 Å². The minimum absolute atomic E-state index is 0.0846. The summed E-state index contributed by atoms with van der Waals surface area (Å²) < 4.78 is 0.928. The normalized spacial score (nSPS) is 10.2. The van der Waals surface area contributed by atoms with Crippen LogP contribution in [0.3, 0.4) is 0 Å². The zero-order valence-corrected chi connectivity index (χ0v) is 11.5. The lowest BCUT2D eigenvalue weighted by atomic mass is 10.3. The molecule has 0 aliphatic carbocycles. The molecule has 1 amide bonds. The summed E-state index contributed by atoms with van der Waals surface area (Å²) in [5.74, 6) is -0.0846. The summed E-state index contributed by atoms with van der Waals surface area (Å²) in [6.45, 7) is 0. The molecule has 0 fully saturated rings. The maximum absolute atomic E-state index is 12.2. The number of aromatic nitrogens is 1. The second-order valence-corrected chi connectivity index (χ2v) is 5.87. The number of nitrogen functional groups attached to an aromatic ring is 1. The quantitative estimate of drug-likeness (QED) is 0.927. The number of carbonyl (C=O) groups excluding carboxylic acids is 1. The molecule has 4 nitrogen and oxygen atoms in total. The van der Waals surface area contributed by atoms with Gasteiger partial charge in [0.25, 0.3) is 5.91 Å². The summed E-state index contributed by atoms with van der Waals surface area (Å²) in [7, 11) is 1.70. The molecule has 0 bridgehead atoms. The SMILES string of the molecule is CN(C(=O)c1ccc(Br)s1)c1ccncc1N. The van der Waals surface area contributed by atoms with E-state index in [9.17, 15) is 4.79 Å². The van der Waals surface area contributed by atoms with E-state index in [1.807, 2.05) is 6.07 Å². The Morgan fingerprint density at radius 3 is 2.82 bits per heavy atom. The molecule has 0 aliphatic rings. The summed E-state index contributed by atoms with van der Waals surface area (Å²) in [4.78, 5) is 18.2. The highest BCUT2D eigenvalue weighted by molar-refractivity contribution is 9.11. The molecule has 0 spiro atoms. The first-order chi connectivity index (χ1) is 8.09. The predicted molar refractivity (Wildman–Crippen MR) is 73.4 cm³/mol. The zero-order valence-electron chi connectivity index (χ0n) is 9.05. The second-order valence-electron chi connectivity index (χ2n) is 3.40. The first kappa shape index (κ1) is 12.1. The van der Waals surface area contributed by atoms with Crippen LogP contribution in [0.15, 0.2) is 34.4 Å². The number of nitrogens with two attached hydrogens (primary N) is 1. The third kappa shape index (κ3) is 2.48. The van der Waals surface area contributed by atoms with Crippen molar-refractivity contribution in [2.24, 2.45) is 0 Å². The van der Waals surface area contributed by atoms with Crippen LogP contribution < -0.4 is 10.6 Å². The lowest BCUT2D eigenvalue weighted by Crippen LogP contribution is -2.26. The standard InChI is InChI=1S/C11H10BrN3OS/c1-15(8-4-5-14-6-7(8)13)11(16)9-2-3-10(12)17-9/h2-6H,13H2,1H3. The molecule has 17 heavy (non-hydrogen) atoms. The van der Waals surface area contributed by atoms with Crippen molar-refractivity contribution in [2.75, 3.05) is 17.7 Å². The molecule has 0 aliphatic heterocycles. The van der Waals surface area contributed by atoms with Crippen LogP contribution in [0, 0.1) is 0 Å². The fraction of sp³-hybridized carbons (Fsp3) is 0.0909. The predicted octanol–water partition coefficient (Wildman–Crippen LogP) is 2.76. The van der Waals surface area contributed by atoms with E-state index in [1.165, 1.54) is 22.4 Å². The van der Waals surface area contributed by atoms with Crippen LogP contribution in [0.25, 0.3) is 0 Å². The summed E-state index contributed by atoms with van der Waals surface area (Å²) in [5, 5.41) is 0. The first-order valence-corrected chi connectivity index (χ1v) is 6.43. The Bertz CT molecular complexity index is 555. The van der Waals surface area contributed by atoms with Gasteiger partial charge in [-0.1, -0.05) is 0 Å². The van der Waals surface area contributed by atoms with E-state index in [1.54, 1.807) is 25.4 Å². The van der Waals surface area contributed by atoms with E-state index in [2.05, 4.69) is 20.9 Å². The molecule has 6 heteroatoms. The van der Waals surface area contributed by atoms with Gasteiger partial charge in [0, 0.05) is 13.2 Å². The van der Waals surface area contributed by atoms with Gasteiger partial charge >= 0.3 is 0 Å². The highest BCUT2D eigenvalue weighted by Crippen LogP contribution is 2.26. The maximum atomic E-state index is 12.2. The van der Waals surface area contributed by atoms with Crippen LogP contribution in [-0.2, 0) is 0 Å². The van der Waals surface area contributed by atoms with E-state index in [0.29, 0.717) is 16.3 Å². The molecule has 2 heterocycles. The van der Waals surface area contributed by atoms with Gasteiger partial charge in [0.1, 0.15) is 0 Å². The average molecular weight is 312 g/mol. The zero-order chi connectivity index (χ0) is 12.4. The van der Waals surface area contributed by atoms with Gasteiger partial charge in [-0.25, -0.2) is 0 Å². The molecule has 2 N–H and O–H groups in total. The van der Waals surface area contributed by atoms with Crippen molar-refractivity contribution in [3.63, 3.8) is 0 Å². The maximum Gasteiger partial charge on any atom is 0.268 e. The van der Waals surface area contributed by atoms with E-state index in [-0.39, 0.29) is 5.91 Å². The monoisotopic (exact) mass is 311 g/mol. The molecule has 2 aromatic heterocycles. The largest absolute Gasteiger partial charge is 0.396 e. The summed E-state index contributed by atoms with van der Waals surface area (Å²) in [5.41, 5.74) is 6.93. The molecule has 88 valence electrons. The van der Waals surface area contributed by atoms with Crippen LogP contribution in [0.5, 0.6) is 0 Å². The van der Waals surface area contributed by atoms with Crippen molar-refractivity contribution < 1.29 is 4.79 Å². The lowest BCUT2D eigenvalue weighted by molar-refractivity contribution is 0.0997. The van der Waals surface area contributed by atoms with Gasteiger partial charge in [0.2, 0.25) is 0 Å². The fourth-order valence-corrected chi connectivity index (χ4v) is 2.77. The Morgan fingerprint density at radius 2 is 2.24 bits per heavy atom. The van der Waals surface area contributed by atoms with Crippen molar-refractivity contribution in [2.45, 2.75) is 0 Å². The molecule has 0 atom stereocenters. The molecule has 2 rings (SSSR count). The van der Waals surface area contributed by atoms with Crippen LogP contribution in [0.4, 0.5) is 11.4 Å². The Morgan fingerprint density at radius 1 is 1.47 bits per heavy atom. The lowest BCUT2D eigenvalue weighted by Gasteiger charge is -2.17. The van der Waals surface area contributed by atoms with Crippen LogP contribution in [0.1, 0.15) is 9.67 Å². The van der Waals surface area contributed by atoms with E-state index in [0.717, 1.165) is 3.79 Å². The van der Waals surface area contributed by atoms with Crippen LogP contribution >= 0.6 is 27.3 Å². The molecule has 0 saturated carbocycles. The Balaban J connectivity index is 2.29. The number of halogens is 1. The molecule has 0 radical (unpaired) electrons. The number of anilines is 2. The molecule has 0 saturated heterocycles. The third-order valence-corrected chi connectivity index (χ3v) is 3.89. The molecule has 0 unspecified atom stereocenters. The number of rotatable bonds is 2. The first-order valence-electron chi connectivity index (χ1n) is 4.82. The average Bonchev–Trinajstić information content (AvgIpc) is 2.75. The van der Waals surface area contributed by atoms with E-state index >= 15 is 0 Å². The van der Waals surface area contributed by atoms with Crippen molar-refractivity contribution >= 4 is 44.5 Å². The van der Waals surface area contributed by atoms with E-state index in [4.69, 9.17) is 5.73 Å². The van der Waals surface area contributed by atoms with Gasteiger partial charge in [-0.2, -0.15) is 0 Å². The van der Waals surface area contributed by atoms with Crippen molar-refractivity contribution in [1.29, 1.82) is 0 Å². The molecular weight excluding hydrogens is 302 g/mol. The Hall–Kier alpha value is -1.40. The number of hydrogen-bond acceptors (Lipinski definition) is 4. The molecular formula is C11H10BrN3OS. The number of amides is 1. The van der Waals surface area contributed by atoms with E-state index < -0.39 is 0 Å². The number of nitrogens with zero attached hydrogens (tertiary/aromatic N) is 2. The van der Waals surface area contributed by atoms with Gasteiger partial charge < -0.3 is 10.6 Å². The Labute approximate surface area is 111 Å². The van der Waals surface area contributed by atoms with Gasteiger partial charge in [0.15, 0.2) is 0 Å². The van der Waals surface area contributed by atoms with Crippen LogP contribution in [-0.4, -0.2) is 17.9 Å². The van der Waals surface area contributed by atoms with Gasteiger partial charge in [-0.15, -0.1) is 11.3 Å². The fourth-order valence-electron chi connectivity index (χ4n) is 1.41. The minimum Gasteiger partial charge on any atom is -0.396 e. The Kier molecular flexibility index (Phi) is 3.44. The van der Waals surface area contributed by atoms with Gasteiger partial charge in [-0.3, -0.25) is 9.78 Å². The molecule has 2 aromatic rings. The number of hydrogen-bond donors (Lipinski definition) is 1. The second kappa shape index (κ2) is 4.85. The van der Waals surface area contributed by atoms with Gasteiger partial charge in [-0.05, 0) is 34.1 Å². The smallest absolute Gasteiger partial charge is 0.268 e. The summed E-state index contributed by atoms with van der Waals surface area (Å²) in [6, 6.07) is 5.35. The van der Waals surface area contributed by atoms with Crippen molar-refractivity contribution in [1.82, 2.24) is 4.98 Å². The highest BCUT2D eigenvalue weighted by atomic mass is 79.9. The summed E-state index contributed by atoms with van der Waals surface area (Å²) in [6.07, 6.45) is 3.14.